The summed E-state index contributed by atoms with van der Waals surface area (Å²) in [6.45, 7) is 0. The Kier molecular flexibility index (Phi) is 1600. The van der Waals surface area contributed by atoms with Gasteiger partial charge >= 0.3 is 75.5 Å². The molecule has 0 aliphatic carbocycles. The van der Waals surface area contributed by atoms with Gasteiger partial charge in [-0.15, -0.1) is 0 Å². The summed E-state index contributed by atoms with van der Waals surface area (Å²) in [5.41, 5.74) is 0. The molecule has 2 N–H and O–H groups in total. The van der Waals surface area contributed by atoms with Gasteiger partial charge in [0, 0.05) is 0 Å². The summed E-state index contributed by atoms with van der Waals surface area (Å²) >= 11 is 0. The van der Waals surface area contributed by atoms with E-state index in [1.54, 1.807) is 0 Å². The van der Waals surface area contributed by atoms with E-state index in [1.807, 2.05) is 0 Å². The molecule has 0 rings (SSSR count). The van der Waals surface area contributed by atoms with Gasteiger partial charge in [-0.1, -0.05) is 0 Å². The second kappa shape index (κ2) is 87.9. The zero-order chi connectivity index (χ0) is 0. The van der Waals surface area contributed by atoms with Crippen LogP contribution in [0.1, 0.15) is 0 Å². The second-order valence-electron chi connectivity index (χ2n) is 0. The van der Waals surface area contributed by atoms with Crippen molar-refractivity contribution < 1.29 is 24.3 Å². The van der Waals surface area contributed by atoms with Crippen LogP contribution in [-0.2, 0) is 0 Å². The molecule has 0 saturated heterocycles. The molecule has 0 bridgehead atoms. The first-order valence-corrected chi connectivity index (χ1v) is 0. The van der Waals surface area contributed by atoms with Crippen LogP contribution in [-0.4, -0.2) is 81.0 Å². The molecule has 0 spiro atoms. The topological polar surface area (TPSA) is 31.5 Å². The third kappa shape index (κ3) is 65.1. The molecule has 0 aliphatic rings. The first-order valence-electron chi connectivity index (χ1n) is 0. The molecule has 0 fully saturated rings. The van der Waals surface area contributed by atoms with Crippen LogP contribution in [0.25, 0.3) is 0 Å². The molecule has 40 valence electrons. The number of hydrogen-bond acceptors (Lipinski definition) is 0. The Morgan fingerprint density at radius 3 is 0.429 bits per heavy atom. The van der Waals surface area contributed by atoms with Crippen molar-refractivity contribution in [1.82, 2.24) is 0 Å². The largest absolute Gasteiger partial charge is 2.00 e. The zero-order valence-electron chi connectivity index (χ0n) is 3.43. The average molecular weight is 174 g/mol. The van der Waals surface area contributed by atoms with Crippen molar-refractivity contribution in [1.29, 1.82) is 0 Å². The molecule has 0 saturated carbocycles. The first-order chi connectivity index (χ1) is 0. The van der Waals surface area contributed by atoms with Gasteiger partial charge in [0.15, 0.2) is 0 Å². The van der Waals surface area contributed by atoms with Crippen molar-refractivity contribution in [3.8, 4) is 0 Å². The van der Waals surface area contributed by atoms with Crippen LogP contribution in [0.15, 0.2) is 0 Å². The van der Waals surface area contributed by atoms with Crippen LogP contribution in [0.3, 0.4) is 0 Å². The Morgan fingerprint density at radius 2 is 0.429 bits per heavy atom. The molecule has 7 heteroatoms. The van der Waals surface area contributed by atoms with Crippen molar-refractivity contribution in [3.63, 3.8) is 0 Å². The van der Waals surface area contributed by atoms with E-state index >= 15 is 0 Å². The third-order valence-electron chi connectivity index (χ3n) is 0. The average Bonchev–Trinajstić information content (AvgIpc) is 0. The van der Waals surface area contributed by atoms with E-state index in [4.69, 9.17) is 0 Å². The minimum atomic E-state index is 0. The zero-order valence-corrected chi connectivity index (χ0v) is 7.84. The molecule has 7 heavy (non-hydrogen) atoms. The third-order valence-corrected chi connectivity index (χ3v) is 0. The van der Waals surface area contributed by atoms with Gasteiger partial charge in [-0.2, -0.15) is 0 Å². The maximum Gasteiger partial charge on any atom is 2.00 e. The molecular weight excluding hydrogens is 172 g/mol. The fourth-order valence-electron chi connectivity index (χ4n) is 0. The van der Waals surface area contributed by atoms with Gasteiger partial charge < -0.3 is 24.3 Å². The van der Waals surface area contributed by atoms with Gasteiger partial charge in [-0.3, -0.25) is 0 Å². The second-order valence-corrected chi connectivity index (χ2v) is 0. The fourth-order valence-corrected chi connectivity index (χ4v) is 0. The van der Waals surface area contributed by atoms with Gasteiger partial charge in [-0.05, 0) is 0 Å². The van der Waals surface area contributed by atoms with Crippen molar-refractivity contribution in [2.75, 3.05) is 0 Å². The summed E-state index contributed by atoms with van der Waals surface area (Å²) in [6.07, 6.45) is 0. The van der Waals surface area contributed by atoms with E-state index < -0.39 is 0 Å². The Morgan fingerprint density at radius 1 is 0.429 bits per heavy atom. The summed E-state index contributed by atoms with van der Waals surface area (Å²) in [5, 5.41) is 0. The van der Waals surface area contributed by atoms with E-state index in [9.17, 15) is 0 Å². The van der Waals surface area contributed by atoms with Crippen LogP contribution in [0.4, 0.5) is 0 Å². The predicted octanol–water partition coefficient (Wildman–Crippen LogP) is -13.6. The maximum absolute atomic E-state index is 0. The van der Waals surface area contributed by atoms with Crippen molar-refractivity contribution in [2.24, 2.45) is 0 Å². The van der Waals surface area contributed by atoms with Gasteiger partial charge in [0.05, 0.1) is 0 Å². The predicted molar refractivity (Wildman–Crippen MR) is 15.1 cm³/mol. The minimum Gasteiger partial charge on any atom is -1.00 e. The standard InChI is InChI=1S/2Ca.4FH.H2O/h;;4*1H;1H2/q2*+2;;;;;/p-4. The number of halogens is 4. The number of hydrogen-bond donors (Lipinski definition) is 0. The monoisotopic (exact) mass is 174 g/mol. The summed E-state index contributed by atoms with van der Waals surface area (Å²) in [5.74, 6) is 0. The smallest absolute Gasteiger partial charge is 1.00 e. The van der Waals surface area contributed by atoms with Crippen LogP contribution in [0, 0.1) is 0 Å². The summed E-state index contributed by atoms with van der Waals surface area (Å²) in [6, 6.07) is 0. The van der Waals surface area contributed by atoms with Crippen LogP contribution >= 0.6 is 0 Å². The normalized spacial score (nSPS) is 0. The van der Waals surface area contributed by atoms with E-state index in [1.165, 1.54) is 0 Å². The van der Waals surface area contributed by atoms with Crippen LogP contribution in [0.2, 0.25) is 0 Å². The van der Waals surface area contributed by atoms with E-state index in [2.05, 4.69) is 0 Å². The Bertz CT molecular complexity index is 9.65. The number of rotatable bonds is 0. The summed E-state index contributed by atoms with van der Waals surface area (Å²) in [7, 11) is 0. The van der Waals surface area contributed by atoms with E-state index in [0.29, 0.717) is 0 Å². The van der Waals surface area contributed by atoms with Gasteiger partial charge in [0.2, 0.25) is 0 Å². The molecule has 0 aromatic carbocycles. The van der Waals surface area contributed by atoms with Crippen LogP contribution < -0.4 is 18.8 Å². The molecule has 0 amide bonds. The minimum absolute atomic E-state index is 0. The fraction of sp³-hybridized carbons (Fsp3) is 0. The Labute approximate surface area is 98.0 Å². The van der Waals surface area contributed by atoms with Crippen LogP contribution in [0.5, 0.6) is 0 Å². The van der Waals surface area contributed by atoms with Crippen molar-refractivity contribution in [3.05, 3.63) is 0 Å². The molecular formula is H2Ca2F4O. The molecule has 0 radical (unpaired) electrons. The Balaban J connectivity index is 0. The van der Waals surface area contributed by atoms with Crippen molar-refractivity contribution >= 4 is 75.5 Å². The SMILES string of the molecule is O.[Ca+2].[Ca+2].[F-].[F-].[F-].[F-]. The molecule has 0 heterocycles. The molecule has 0 unspecified atom stereocenters. The van der Waals surface area contributed by atoms with Gasteiger partial charge in [-0.25, -0.2) is 0 Å². The quantitative estimate of drug-likeness (QED) is 0.258. The Hall–Kier alpha value is 2.20. The van der Waals surface area contributed by atoms with Gasteiger partial charge in [0.25, 0.3) is 0 Å². The van der Waals surface area contributed by atoms with Crippen molar-refractivity contribution in [2.45, 2.75) is 0 Å². The molecule has 0 atom stereocenters. The molecule has 1 nitrogen and oxygen atoms in total. The molecule has 0 aromatic rings. The summed E-state index contributed by atoms with van der Waals surface area (Å²) in [4.78, 5) is 0. The molecule has 0 aromatic heterocycles. The van der Waals surface area contributed by atoms with E-state index in [0.717, 1.165) is 0 Å². The first kappa shape index (κ1) is 128. The van der Waals surface area contributed by atoms with E-state index in [-0.39, 0.29) is 99.8 Å². The maximum atomic E-state index is 0. The summed E-state index contributed by atoms with van der Waals surface area (Å²) < 4.78 is 0. The molecule has 0 aliphatic heterocycles. The van der Waals surface area contributed by atoms with Gasteiger partial charge in [0.1, 0.15) is 0 Å².